The van der Waals surface area contributed by atoms with E-state index in [1.54, 1.807) is 12.1 Å². The number of nitrogens with zero attached hydrogens (tertiary/aromatic N) is 2. The maximum atomic E-state index is 12.0. The Hall–Kier alpha value is -2.68. The third-order valence-electron chi connectivity index (χ3n) is 2.80. The number of hydrazone groups is 1. The summed E-state index contributed by atoms with van der Waals surface area (Å²) in [7, 11) is -3.79. The van der Waals surface area contributed by atoms with Crippen molar-refractivity contribution in [2.45, 2.75) is 18.2 Å². The van der Waals surface area contributed by atoms with Crippen molar-refractivity contribution in [1.29, 1.82) is 0 Å². The van der Waals surface area contributed by atoms with Crippen molar-refractivity contribution >= 4 is 22.1 Å². The molecule has 0 fully saturated rings. The molecule has 0 aliphatic carbocycles. The first kappa shape index (κ1) is 15.7. The quantitative estimate of drug-likeness (QED) is 0.496. The van der Waals surface area contributed by atoms with Gasteiger partial charge in [-0.3, -0.25) is 10.1 Å². The maximum absolute atomic E-state index is 12.0. The highest BCUT2D eigenvalue weighted by molar-refractivity contribution is 7.89. The minimum absolute atomic E-state index is 0.0655. The molecule has 0 spiro atoms. The van der Waals surface area contributed by atoms with E-state index in [2.05, 4.69) is 5.10 Å². The monoisotopic (exact) mass is 323 g/mol. The molecular formula is C13H13N3O5S. The van der Waals surface area contributed by atoms with E-state index in [1.165, 1.54) is 18.2 Å². The second kappa shape index (κ2) is 6.39. The van der Waals surface area contributed by atoms with Crippen molar-refractivity contribution in [1.82, 2.24) is 4.83 Å². The van der Waals surface area contributed by atoms with Crippen LogP contribution < -0.4 is 4.83 Å². The Morgan fingerprint density at radius 3 is 2.50 bits per heavy atom. The number of nitro groups is 1. The van der Waals surface area contributed by atoms with E-state index >= 15 is 0 Å². The minimum Gasteiger partial charge on any atom is -0.400 e. The van der Waals surface area contributed by atoms with Gasteiger partial charge in [0.05, 0.1) is 17.2 Å². The Labute approximate surface area is 126 Å². The van der Waals surface area contributed by atoms with E-state index in [0.29, 0.717) is 0 Å². The van der Waals surface area contributed by atoms with Crippen molar-refractivity contribution in [3.63, 3.8) is 0 Å². The average Bonchev–Trinajstić information content (AvgIpc) is 2.96. The van der Waals surface area contributed by atoms with Gasteiger partial charge in [-0.2, -0.15) is 18.4 Å². The summed E-state index contributed by atoms with van der Waals surface area (Å²) in [5, 5.41) is 14.0. The van der Waals surface area contributed by atoms with Crippen molar-refractivity contribution < 1.29 is 17.8 Å². The number of benzene rings is 1. The first-order chi connectivity index (χ1) is 10.4. The van der Waals surface area contributed by atoms with Crippen molar-refractivity contribution in [2.24, 2.45) is 5.10 Å². The Balaban J connectivity index is 2.07. The largest absolute Gasteiger partial charge is 0.433 e. The topological polar surface area (TPSA) is 115 Å². The summed E-state index contributed by atoms with van der Waals surface area (Å²) >= 11 is 0. The van der Waals surface area contributed by atoms with Crippen molar-refractivity contribution in [2.75, 3.05) is 0 Å². The fourth-order valence-corrected chi connectivity index (χ4v) is 2.42. The van der Waals surface area contributed by atoms with E-state index in [-0.39, 0.29) is 10.7 Å². The van der Waals surface area contributed by atoms with Gasteiger partial charge in [0, 0.05) is 0 Å². The Morgan fingerprint density at radius 2 is 1.95 bits per heavy atom. The summed E-state index contributed by atoms with van der Waals surface area (Å²) in [6.07, 6.45) is 1.86. The van der Waals surface area contributed by atoms with Crippen LogP contribution >= 0.6 is 0 Å². The molecule has 1 aromatic heterocycles. The number of nitrogens with one attached hydrogen (secondary N) is 1. The number of hydrogen-bond acceptors (Lipinski definition) is 6. The summed E-state index contributed by atoms with van der Waals surface area (Å²) in [5.41, 5.74) is 1.02. The van der Waals surface area contributed by atoms with Crippen molar-refractivity contribution in [3.8, 4) is 0 Å². The van der Waals surface area contributed by atoms with Gasteiger partial charge in [-0.1, -0.05) is 19.1 Å². The predicted octanol–water partition coefficient (Wildman–Crippen LogP) is 2.06. The Bertz CT molecular complexity index is 793. The van der Waals surface area contributed by atoms with E-state index in [4.69, 9.17) is 4.42 Å². The second-order valence-electron chi connectivity index (χ2n) is 4.28. The highest BCUT2D eigenvalue weighted by Crippen LogP contribution is 2.14. The highest BCUT2D eigenvalue weighted by Gasteiger charge is 2.13. The van der Waals surface area contributed by atoms with Crippen LogP contribution in [0, 0.1) is 10.1 Å². The molecule has 0 saturated carbocycles. The summed E-state index contributed by atoms with van der Waals surface area (Å²) in [6.45, 7) is 1.97. The van der Waals surface area contributed by atoms with E-state index < -0.39 is 20.8 Å². The van der Waals surface area contributed by atoms with Gasteiger partial charge < -0.3 is 4.42 Å². The van der Waals surface area contributed by atoms with Crippen LogP contribution in [0.5, 0.6) is 0 Å². The molecule has 1 aromatic carbocycles. The smallest absolute Gasteiger partial charge is 0.400 e. The fourth-order valence-electron chi connectivity index (χ4n) is 1.63. The molecule has 0 unspecified atom stereocenters. The number of aryl methyl sites for hydroxylation is 1. The van der Waals surface area contributed by atoms with E-state index in [9.17, 15) is 18.5 Å². The molecule has 8 nitrogen and oxygen atoms in total. The first-order valence-electron chi connectivity index (χ1n) is 6.30. The van der Waals surface area contributed by atoms with Crippen LogP contribution in [0.4, 0.5) is 5.88 Å². The molecule has 0 bridgehead atoms. The molecule has 1 heterocycles. The van der Waals surface area contributed by atoms with Gasteiger partial charge in [0.25, 0.3) is 10.0 Å². The number of furan rings is 1. The van der Waals surface area contributed by atoms with Crippen LogP contribution in [-0.2, 0) is 16.4 Å². The predicted molar refractivity (Wildman–Crippen MR) is 79.1 cm³/mol. The summed E-state index contributed by atoms with van der Waals surface area (Å²) in [4.78, 5) is 11.8. The van der Waals surface area contributed by atoms with E-state index in [1.807, 2.05) is 11.8 Å². The maximum Gasteiger partial charge on any atom is 0.433 e. The lowest BCUT2D eigenvalue weighted by molar-refractivity contribution is -0.402. The first-order valence-corrected chi connectivity index (χ1v) is 7.78. The molecule has 116 valence electrons. The molecule has 22 heavy (non-hydrogen) atoms. The molecule has 9 heteroatoms. The summed E-state index contributed by atoms with van der Waals surface area (Å²) in [5.74, 6) is -0.379. The highest BCUT2D eigenvalue weighted by atomic mass is 32.2. The van der Waals surface area contributed by atoms with Crippen LogP contribution in [-0.4, -0.2) is 19.6 Å². The Kier molecular flexibility index (Phi) is 4.56. The molecule has 2 aromatic rings. The summed E-state index contributed by atoms with van der Waals surface area (Å²) < 4.78 is 28.8. The van der Waals surface area contributed by atoms with Gasteiger partial charge in [0.15, 0.2) is 5.76 Å². The zero-order chi connectivity index (χ0) is 16.2. The lowest BCUT2D eigenvalue weighted by Crippen LogP contribution is -2.18. The zero-order valence-electron chi connectivity index (χ0n) is 11.6. The number of hydrogen-bond donors (Lipinski definition) is 1. The third kappa shape index (κ3) is 3.70. The number of rotatable bonds is 6. The standard InChI is InChI=1S/C13H13N3O5S/c1-2-10-3-6-12(7-4-10)22(19,20)15-14-9-11-5-8-13(21-11)16(17)18/h3-9,15H,2H2,1H3. The second-order valence-corrected chi connectivity index (χ2v) is 5.94. The molecule has 2 rings (SSSR count). The molecule has 0 aliphatic heterocycles. The summed E-state index contributed by atoms with van der Waals surface area (Å²) in [6, 6.07) is 8.86. The van der Waals surface area contributed by atoms with Gasteiger partial charge in [-0.05, 0) is 30.2 Å². The molecule has 0 amide bonds. The van der Waals surface area contributed by atoms with Crippen molar-refractivity contribution in [3.05, 3.63) is 57.8 Å². The number of sulfonamides is 1. The Morgan fingerprint density at radius 1 is 1.27 bits per heavy atom. The van der Waals surface area contributed by atoms with Gasteiger partial charge in [-0.25, -0.2) is 0 Å². The zero-order valence-corrected chi connectivity index (χ0v) is 12.4. The molecule has 0 saturated heterocycles. The van der Waals surface area contributed by atoms with E-state index in [0.717, 1.165) is 24.3 Å². The lowest BCUT2D eigenvalue weighted by atomic mass is 10.2. The molecule has 0 radical (unpaired) electrons. The van der Waals surface area contributed by atoms with Gasteiger partial charge in [0.1, 0.15) is 4.92 Å². The van der Waals surface area contributed by atoms with Crippen LogP contribution in [0.2, 0.25) is 0 Å². The van der Waals surface area contributed by atoms with Crippen LogP contribution in [0.15, 0.2) is 50.8 Å². The molecular weight excluding hydrogens is 310 g/mol. The fraction of sp³-hybridized carbons (Fsp3) is 0.154. The lowest BCUT2D eigenvalue weighted by Gasteiger charge is -2.03. The van der Waals surface area contributed by atoms with Crippen LogP contribution in [0.3, 0.4) is 0 Å². The van der Waals surface area contributed by atoms with Crippen LogP contribution in [0.25, 0.3) is 0 Å². The third-order valence-corrected chi connectivity index (χ3v) is 4.04. The minimum atomic E-state index is -3.79. The molecule has 1 N–H and O–H groups in total. The average molecular weight is 323 g/mol. The van der Waals surface area contributed by atoms with Gasteiger partial charge in [-0.15, -0.1) is 0 Å². The van der Waals surface area contributed by atoms with Gasteiger partial charge in [0.2, 0.25) is 0 Å². The molecule has 0 aliphatic rings. The van der Waals surface area contributed by atoms with Gasteiger partial charge >= 0.3 is 5.88 Å². The normalized spacial score (nSPS) is 11.7. The molecule has 0 atom stereocenters. The SMILES string of the molecule is CCc1ccc(S(=O)(=O)NN=Cc2ccc([N+](=O)[O-])o2)cc1. The van der Waals surface area contributed by atoms with Crippen LogP contribution in [0.1, 0.15) is 18.2 Å².